The first-order valence-electron chi connectivity index (χ1n) is 9.54. The second-order valence-electron chi connectivity index (χ2n) is 6.97. The van der Waals surface area contributed by atoms with E-state index in [0.717, 1.165) is 11.3 Å². The van der Waals surface area contributed by atoms with Crippen LogP contribution in [0.5, 0.6) is 5.75 Å². The van der Waals surface area contributed by atoms with E-state index in [1.54, 1.807) is 21.9 Å². The van der Waals surface area contributed by atoms with Crippen LogP contribution in [-0.4, -0.2) is 65.5 Å². The second kappa shape index (κ2) is 9.23. The van der Waals surface area contributed by atoms with E-state index in [0.29, 0.717) is 38.3 Å². The van der Waals surface area contributed by atoms with Gasteiger partial charge in [-0.3, -0.25) is 9.59 Å². The fraction of sp³-hybridized carbons (Fsp3) is 0.318. The highest BCUT2D eigenvalue weighted by Crippen LogP contribution is 2.14. The number of carbonyl (C=O) groups excluding carboxylic acids is 2. The molecule has 0 unspecified atom stereocenters. The van der Waals surface area contributed by atoms with E-state index in [2.05, 4.69) is 0 Å². The van der Waals surface area contributed by atoms with Crippen molar-refractivity contribution in [2.24, 2.45) is 0 Å². The van der Waals surface area contributed by atoms with Crippen LogP contribution in [0.3, 0.4) is 0 Å². The summed E-state index contributed by atoms with van der Waals surface area (Å²) in [5.74, 6) is -0.541. The number of aromatic carboxylic acids is 1. The van der Waals surface area contributed by atoms with E-state index in [1.807, 2.05) is 31.2 Å². The number of nitrogens with zero attached hydrogens (tertiary/aromatic N) is 2. The van der Waals surface area contributed by atoms with Crippen molar-refractivity contribution in [1.29, 1.82) is 0 Å². The Bertz CT molecular complexity index is 904. The minimum Gasteiger partial charge on any atom is -0.493 e. The molecule has 2 aromatic rings. The summed E-state index contributed by atoms with van der Waals surface area (Å²) in [6.07, 6.45) is 0.280. The second-order valence-corrected chi connectivity index (χ2v) is 6.97. The van der Waals surface area contributed by atoms with Gasteiger partial charge in [-0.1, -0.05) is 18.2 Å². The van der Waals surface area contributed by atoms with Crippen molar-refractivity contribution < 1.29 is 24.2 Å². The predicted molar refractivity (Wildman–Crippen MR) is 107 cm³/mol. The van der Waals surface area contributed by atoms with Crippen molar-refractivity contribution in [1.82, 2.24) is 9.80 Å². The smallest absolute Gasteiger partial charge is 0.335 e. The van der Waals surface area contributed by atoms with Gasteiger partial charge in [0.25, 0.3) is 5.91 Å². The maximum Gasteiger partial charge on any atom is 0.335 e. The fourth-order valence-electron chi connectivity index (χ4n) is 3.25. The van der Waals surface area contributed by atoms with Crippen molar-refractivity contribution in [3.8, 4) is 5.75 Å². The number of hydrogen-bond acceptors (Lipinski definition) is 4. The highest BCUT2D eigenvalue weighted by atomic mass is 16.5. The molecule has 2 amide bonds. The Hall–Kier alpha value is -3.35. The lowest BCUT2D eigenvalue weighted by molar-refractivity contribution is -0.133. The van der Waals surface area contributed by atoms with Gasteiger partial charge < -0.3 is 19.6 Å². The maximum atomic E-state index is 12.6. The third kappa shape index (κ3) is 5.34. The Morgan fingerprint density at radius 1 is 0.931 bits per heavy atom. The summed E-state index contributed by atoms with van der Waals surface area (Å²) in [7, 11) is 0. The molecule has 1 aliphatic rings. The number of piperazine rings is 1. The summed E-state index contributed by atoms with van der Waals surface area (Å²) < 4.78 is 5.64. The zero-order chi connectivity index (χ0) is 20.8. The lowest BCUT2D eigenvalue weighted by Gasteiger charge is -2.35. The van der Waals surface area contributed by atoms with Crippen LogP contribution < -0.4 is 4.74 Å². The van der Waals surface area contributed by atoms with Crippen LogP contribution in [0.4, 0.5) is 0 Å². The normalized spacial score (nSPS) is 13.8. The summed E-state index contributed by atoms with van der Waals surface area (Å²) in [6.45, 7) is 4.03. The van der Waals surface area contributed by atoms with Gasteiger partial charge in [-0.25, -0.2) is 4.79 Å². The predicted octanol–water partition coefficient (Wildman–Crippen LogP) is 2.45. The number of amides is 2. The Morgan fingerprint density at radius 3 is 2.28 bits per heavy atom. The molecule has 0 atom stereocenters. The van der Waals surface area contributed by atoms with E-state index in [1.165, 1.54) is 12.1 Å². The molecule has 3 rings (SSSR count). The molecule has 7 heteroatoms. The number of carbonyl (C=O) groups is 3. The Kier molecular flexibility index (Phi) is 6.49. The van der Waals surface area contributed by atoms with Gasteiger partial charge in [0.2, 0.25) is 5.91 Å². The summed E-state index contributed by atoms with van der Waals surface area (Å²) in [6, 6.07) is 13.7. The molecule has 1 heterocycles. The maximum absolute atomic E-state index is 12.6. The first-order valence-corrected chi connectivity index (χ1v) is 9.54. The minimum absolute atomic E-state index is 0.00220. The van der Waals surface area contributed by atoms with Gasteiger partial charge >= 0.3 is 5.97 Å². The SMILES string of the molecule is Cc1cccc(OCCC(=O)N2CCN(C(=O)c3cccc(C(=O)O)c3)CC2)c1. The number of ether oxygens (including phenoxy) is 1. The average Bonchev–Trinajstić information content (AvgIpc) is 2.73. The van der Waals surface area contributed by atoms with Crippen LogP contribution in [0, 0.1) is 6.92 Å². The molecule has 0 saturated carbocycles. The molecule has 0 aliphatic carbocycles. The Labute approximate surface area is 169 Å². The van der Waals surface area contributed by atoms with E-state index < -0.39 is 5.97 Å². The van der Waals surface area contributed by atoms with Gasteiger partial charge in [0.1, 0.15) is 5.75 Å². The molecule has 1 aliphatic heterocycles. The van der Waals surface area contributed by atoms with Crippen molar-refractivity contribution in [3.63, 3.8) is 0 Å². The van der Waals surface area contributed by atoms with Crippen LogP contribution in [0.15, 0.2) is 48.5 Å². The Balaban J connectivity index is 1.47. The van der Waals surface area contributed by atoms with E-state index in [4.69, 9.17) is 9.84 Å². The van der Waals surface area contributed by atoms with Crippen molar-refractivity contribution in [2.45, 2.75) is 13.3 Å². The zero-order valence-corrected chi connectivity index (χ0v) is 16.3. The number of aryl methyl sites for hydroxylation is 1. The first-order chi connectivity index (χ1) is 13.9. The van der Waals surface area contributed by atoms with Gasteiger partial charge in [-0.2, -0.15) is 0 Å². The van der Waals surface area contributed by atoms with Gasteiger partial charge in [-0.05, 0) is 42.8 Å². The lowest BCUT2D eigenvalue weighted by atomic mass is 10.1. The monoisotopic (exact) mass is 396 g/mol. The van der Waals surface area contributed by atoms with Crippen LogP contribution in [-0.2, 0) is 4.79 Å². The lowest BCUT2D eigenvalue weighted by Crippen LogP contribution is -2.50. The minimum atomic E-state index is -1.07. The number of rotatable bonds is 6. The molecule has 2 aromatic carbocycles. The molecule has 152 valence electrons. The zero-order valence-electron chi connectivity index (χ0n) is 16.3. The summed E-state index contributed by atoms with van der Waals surface area (Å²) >= 11 is 0. The number of carboxylic acids is 1. The van der Waals surface area contributed by atoms with Crippen molar-refractivity contribution in [3.05, 3.63) is 65.2 Å². The van der Waals surface area contributed by atoms with Crippen LogP contribution in [0.25, 0.3) is 0 Å². The summed E-state index contributed by atoms with van der Waals surface area (Å²) in [5.41, 5.74) is 1.53. The van der Waals surface area contributed by atoms with Crippen molar-refractivity contribution in [2.75, 3.05) is 32.8 Å². The summed E-state index contributed by atoms with van der Waals surface area (Å²) in [4.78, 5) is 39.5. The molecular weight excluding hydrogens is 372 g/mol. The highest BCUT2D eigenvalue weighted by molar-refractivity contribution is 5.97. The molecule has 1 saturated heterocycles. The molecule has 0 bridgehead atoms. The third-order valence-electron chi connectivity index (χ3n) is 4.85. The molecule has 29 heavy (non-hydrogen) atoms. The average molecular weight is 396 g/mol. The standard InChI is InChI=1S/C22H24N2O5/c1-16-4-2-7-19(14-16)29-13-8-20(25)23-9-11-24(12-10-23)21(26)17-5-3-6-18(15-17)22(27)28/h2-7,14-15H,8-13H2,1H3,(H,27,28). The number of carboxylic acid groups (broad SMARTS) is 1. The van der Waals surface area contributed by atoms with Crippen LogP contribution in [0.1, 0.15) is 32.7 Å². The van der Waals surface area contributed by atoms with Crippen LogP contribution >= 0.6 is 0 Å². The van der Waals surface area contributed by atoms with E-state index in [-0.39, 0.29) is 23.8 Å². The van der Waals surface area contributed by atoms with Crippen LogP contribution in [0.2, 0.25) is 0 Å². The van der Waals surface area contributed by atoms with Crippen molar-refractivity contribution >= 4 is 17.8 Å². The van der Waals surface area contributed by atoms with E-state index >= 15 is 0 Å². The van der Waals surface area contributed by atoms with Gasteiger partial charge in [-0.15, -0.1) is 0 Å². The fourth-order valence-corrected chi connectivity index (χ4v) is 3.25. The van der Waals surface area contributed by atoms with Gasteiger partial charge in [0.15, 0.2) is 0 Å². The summed E-state index contributed by atoms with van der Waals surface area (Å²) in [5, 5.41) is 9.08. The number of hydrogen-bond donors (Lipinski definition) is 1. The molecule has 1 N–H and O–H groups in total. The largest absolute Gasteiger partial charge is 0.493 e. The van der Waals surface area contributed by atoms with Gasteiger partial charge in [0, 0.05) is 31.7 Å². The molecule has 0 spiro atoms. The van der Waals surface area contributed by atoms with E-state index in [9.17, 15) is 14.4 Å². The molecular formula is C22H24N2O5. The molecule has 7 nitrogen and oxygen atoms in total. The molecule has 0 aromatic heterocycles. The highest BCUT2D eigenvalue weighted by Gasteiger charge is 2.25. The van der Waals surface area contributed by atoms with Gasteiger partial charge in [0.05, 0.1) is 18.6 Å². The quantitative estimate of drug-likeness (QED) is 0.810. The number of benzene rings is 2. The molecule has 0 radical (unpaired) electrons. The third-order valence-corrected chi connectivity index (χ3v) is 4.85. The Morgan fingerprint density at radius 2 is 1.59 bits per heavy atom. The first kappa shape index (κ1) is 20.4. The molecule has 1 fully saturated rings. The topological polar surface area (TPSA) is 87.2 Å².